The molecule has 1 aliphatic rings. The molecule has 106 valence electrons. The third kappa shape index (κ3) is 2.79. The zero-order valence-electron chi connectivity index (χ0n) is 11.3. The number of halogens is 2. The first-order valence-electron chi connectivity index (χ1n) is 6.68. The van der Waals surface area contributed by atoms with Gasteiger partial charge in [0.2, 0.25) is 0 Å². The van der Waals surface area contributed by atoms with Crippen LogP contribution in [0.3, 0.4) is 0 Å². The maximum absolute atomic E-state index is 13.8. The van der Waals surface area contributed by atoms with Crippen LogP contribution in [-0.4, -0.2) is 23.4 Å². The Hall–Kier alpha value is -1.96. The molecular weight excluding hydrogens is 262 g/mol. The highest BCUT2D eigenvalue weighted by Gasteiger charge is 2.29. The Morgan fingerprint density at radius 2 is 2.00 bits per heavy atom. The van der Waals surface area contributed by atoms with Gasteiger partial charge >= 0.3 is 0 Å². The fraction of sp³-hybridized carbons (Fsp3) is 0.467. The number of aryl methyl sites for hydroxylation is 1. The highest BCUT2D eigenvalue weighted by atomic mass is 19.1. The van der Waals surface area contributed by atoms with Crippen molar-refractivity contribution in [2.45, 2.75) is 38.6 Å². The van der Waals surface area contributed by atoms with Gasteiger partial charge in [-0.1, -0.05) is 12.8 Å². The largest absolute Gasteiger partial charge is 0.322 e. The fourth-order valence-electron chi connectivity index (χ4n) is 2.63. The Bertz CT molecular complexity index is 560. The Morgan fingerprint density at radius 1 is 1.35 bits per heavy atom. The second kappa shape index (κ2) is 6.00. The average Bonchev–Trinajstić information content (AvgIpc) is 2.93. The topological polar surface area (TPSA) is 44.1 Å². The summed E-state index contributed by atoms with van der Waals surface area (Å²) in [5, 5.41) is 8.86. The van der Waals surface area contributed by atoms with Crippen LogP contribution >= 0.6 is 0 Å². The molecule has 1 amide bonds. The fourth-order valence-corrected chi connectivity index (χ4v) is 2.63. The first kappa shape index (κ1) is 14.4. The maximum Gasteiger partial charge on any atom is 0.257 e. The number of carbonyl (C=O) groups is 1. The van der Waals surface area contributed by atoms with Crippen molar-refractivity contribution in [3.63, 3.8) is 0 Å². The van der Waals surface area contributed by atoms with E-state index in [-0.39, 0.29) is 23.7 Å². The molecule has 0 N–H and O–H groups in total. The second-order valence-corrected chi connectivity index (χ2v) is 5.11. The van der Waals surface area contributed by atoms with E-state index in [0.29, 0.717) is 0 Å². The number of hydrogen-bond donors (Lipinski definition) is 0. The second-order valence-electron chi connectivity index (χ2n) is 5.11. The minimum atomic E-state index is -0.876. The summed E-state index contributed by atoms with van der Waals surface area (Å²) in [5.74, 6) is -2.08. The molecule has 1 fully saturated rings. The molecule has 1 aliphatic carbocycles. The van der Waals surface area contributed by atoms with Crippen LogP contribution in [0.15, 0.2) is 12.1 Å². The Kier molecular flexibility index (Phi) is 4.33. The average molecular weight is 278 g/mol. The van der Waals surface area contributed by atoms with Gasteiger partial charge in [-0.15, -0.1) is 0 Å². The summed E-state index contributed by atoms with van der Waals surface area (Å²) in [6.07, 6.45) is 3.67. The van der Waals surface area contributed by atoms with Crippen molar-refractivity contribution in [3.8, 4) is 6.07 Å². The van der Waals surface area contributed by atoms with Crippen LogP contribution in [0.1, 0.15) is 41.6 Å². The van der Waals surface area contributed by atoms with Crippen molar-refractivity contribution in [2.24, 2.45) is 0 Å². The van der Waals surface area contributed by atoms with Crippen molar-refractivity contribution in [1.29, 1.82) is 5.26 Å². The highest BCUT2D eigenvalue weighted by molar-refractivity contribution is 5.95. The van der Waals surface area contributed by atoms with Crippen LogP contribution in [0.2, 0.25) is 0 Å². The van der Waals surface area contributed by atoms with E-state index in [0.717, 1.165) is 31.7 Å². The molecule has 3 nitrogen and oxygen atoms in total. The predicted octanol–water partition coefficient (Wildman–Crippen LogP) is 3.18. The smallest absolute Gasteiger partial charge is 0.257 e. The summed E-state index contributed by atoms with van der Waals surface area (Å²) < 4.78 is 27.1. The lowest BCUT2D eigenvalue weighted by molar-refractivity contribution is 0.0704. The monoisotopic (exact) mass is 278 g/mol. The van der Waals surface area contributed by atoms with Gasteiger partial charge in [-0.25, -0.2) is 8.78 Å². The summed E-state index contributed by atoms with van der Waals surface area (Å²) in [4.78, 5) is 13.8. The van der Waals surface area contributed by atoms with E-state index in [1.165, 1.54) is 17.9 Å². The zero-order valence-corrected chi connectivity index (χ0v) is 11.3. The minimum absolute atomic E-state index is 0.0214. The minimum Gasteiger partial charge on any atom is -0.322 e. The molecule has 1 aromatic rings. The Balaban J connectivity index is 2.32. The molecule has 0 aliphatic heterocycles. The van der Waals surface area contributed by atoms with Crippen LogP contribution in [0, 0.1) is 29.9 Å². The van der Waals surface area contributed by atoms with Gasteiger partial charge in [0.1, 0.15) is 18.2 Å². The standard InChI is InChI=1S/C15H16F2N2O/c1-10-8-12(14(17)9-13(10)16)15(20)19(7-6-18)11-4-2-3-5-11/h8-9,11H,2-5,7H2,1H3. The van der Waals surface area contributed by atoms with Crippen LogP contribution in [0.25, 0.3) is 0 Å². The van der Waals surface area contributed by atoms with Crippen molar-refractivity contribution in [2.75, 3.05) is 6.54 Å². The van der Waals surface area contributed by atoms with Crippen molar-refractivity contribution in [3.05, 3.63) is 34.9 Å². The lowest BCUT2D eigenvalue weighted by Crippen LogP contribution is -2.39. The van der Waals surface area contributed by atoms with E-state index in [1.807, 2.05) is 6.07 Å². The Labute approximate surface area is 116 Å². The molecular formula is C15H16F2N2O. The van der Waals surface area contributed by atoms with Gasteiger partial charge in [-0.3, -0.25) is 4.79 Å². The normalized spacial score (nSPS) is 15.1. The molecule has 20 heavy (non-hydrogen) atoms. The van der Waals surface area contributed by atoms with Gasteiger partial charge in [0.15, 0.2) is 0 Å². The first-order chi connectivity index (χ1) is 9.54. The number of benzene rings is 1. The first-order valence-corrected chi connectivity index (χ1v) is 6.68. The van der Waals surface area contributed by atoms with E-state index in [4.69, 9.17) is 5.26 Å². The SMILES string of the molecule is Cc1cc(C(=O)N(CC#N)C2CCCC2)c(F)cc1F. The van der Waals surface area contributed by atoms with Gasteiger partial charge in [-0.2, -0.15) is 5.26 Å². The number of amides is 1. The molecule has 0 bridgehead atoms. The molecule has 1 aromatic carbocycles. The quantitative estimate of drug-likeness (QED) is 0.797. The molecule has 0 radical (unpaired) electrons. The van der Waals surface area contributed by atoms with Gasteiger partial charge in [-0.05, 0) is 31.4 Å². The third-order valence-corrected chi connectivity index (χ3v) is 3.75. The highest BCUT2D eigenvalue weighted by Crippen LogP contribution is 2.26. The summed E-state index contributed by atoms with van der Waals surface area (Å²) in [6.45, 7) is 1.41. The van der Waals surface area contributed by atoms with Crippen molar-refractivity contribution in [1.82, 2.24) is 4.90 Å². The number of nitrogens with zero attached hydrogens (tertiary/aromatic N) is 2. The van der Waals surface area contributed by atoms with E-state index in [2.05, 4.69) is 0 Å². The Morgan fingerprint density at radius 3 is 2.60 bits per heavy atom. The predicted molar refractivity (Wildman–Crippen MR) is 70.0 cm³/mol. The van der Waals surface area contributed by atoms with Crippen LogP contribution < -0.4 is 0 Å². The van der Waals surface area contributed by atoms with Crippen molar-refractivity contribution < 1.29 is 13.6 Å². The van der Waals surface area contributed by atoms with Gasteiger partial charge in [0, 0.05) is 12.1 Å². The number of rotatable bonds is 3. The summed E-state index contributed by atoms with van der Waals surface area (Å²) >= 11 is 0. The van der Waals surface area contributed by atoms with E-state index >= 15 is 0 Å². The molecule has 0 spiro atoms. The number of nitriles is 1. The van der Waals surface area contributed by atoms with Crippen LogP contribution in [-0.2, 0) is 0 Å². The molecule has 2 rings (SSSR count). The molecule has 1 saturated carbocycles. The lowest BCUT2D eigenvalue weighted by Gasteiger charge is -2.26. The molecule has 0 unspecified atom stereocenters. The van der Waals surface area contributed by atoms with E-state index in [1.54, 1.807) is 0 Å². The molecule has 0 saturated heterocycles. The summed E-state index contributed by atoms with van der Waals surface area (Å²) in [5.41, 5.74) is 0.0594. The van der Waals surface area contributed by atoms with Gasteiger partial charge in [0.25, 0.3) is 5.91 Å². The summed E-state index contributed by atoms with van der Waals surface area (Å²) in [7, 11) is 0. The van der Waals surface area contributed by atoms with Gasteiger partial charge in [0.05, 0.1) is 11.6 Å². The van der Waals surface area contributed by atoms with E-state index < -0.39 is 17.5 Å². The van der Waals surface area contributed by atoms with Gasteiger partial charge < -0.3 is 4.90 Å². The molecule has 0 heterocycles. The zero-order chi connectivity index (χ0) is 14.7. The molecule has 5 heteroatoms. The van der Waals surface area contributed by atoms with Crippen LogP contribution in [0.4, 0.5) is 8.78 Å². The maximum atomic E-state index is 13.8. The van der Waals surface area contributed by atoms with Crippen molar-refractivity contribution >= 4 is 5.91 Å². The summed E-state index contributed by atoms with van der Waals surface area (Å²) in [6, 6.07) is 3.87. The molecule has 0 atom stereocenters. The third-order valence-electron chi connectivity index (χ3n) is 3.75. The number of carbonyl (C=O) groups excluding carboxylic acids is 1. The lowest BCUT2D eigenvalue weighted by atomic mass is 10.1. The van der Waals surface area contributed by atoms with E-state index in [9.17, 15) is 13.6 Å². The molecule has 0 aromatic heterocycles. The van der Waals surface area contributed by atoms with Crippen LogP contribution in [0.5, 0.6) is 0 Å². The number of hydrogen-bond acceptors (Lipinski definition) is 2.